The van der Waals surface area contributed by atoms with E-state index in [1.54, 1.807) is 6.33 Å². The number of aryl methyl sites for hydroxylation is 1. The van der Waals surface area contributed by atoms with E-state index in [1.165, 1.54) is 5.56 Å². The molecule has 1 fully saturated rings. The third-order valence-corrected chi connectivity index (χ3v) is 4.39. The predicted molar refractivity (Wildman–Crippen MR) is 82.6 cm³/mol. The highest BCUT2D eigenvalue weighted by molar-refractivity contribution is 9.10. The number of carbonyl (C=O) groups is 1. The Labute approximate surface area is 131 Å². The second-order valence-electron chi connectivity index (χ2n) is 5.53. The smallest absolute Gasteiger partial charge is 0.224 e. The van der Waals surface area contributed by atoms with Gasteiger partial charge in [-0.15, -0.1) is 10.2 Å². The summed E-state index contributed by atoms with van der Waals surface area (Å²) in [7, 11) is 1.87. The van der Waals surface area contributed by atoms with E-state index in [0.29, 0.717) is 5.92 Å². The second-order valence-corrected chi connectivity index (χ2v) is 6.45. The quantitative estimate of drug-likeness (QED) is 0.923. The van der Waals surface area contributed by atoms with E-state index < -0.39 is 0 Å². The summed E-state index contributed by atoms with van der Waals surface area (Å²) in [5.74, 6) is 1.25. The molecule has 5 nitrogen and oxygen atoms in total. The molecular weight excluding hydrogens is 332 g/mol. The highest BCUT2D eigenvalue weighted by atomic mass is 79.9. The highest BCUT2D eigenvalue weighted by Crippen LogP contribution is 2.48. The van der Waals surface area contributed by atoms with E-state index in [2.05, 4.69) is 43.6 Å². The number of nitrogens with one attached hydrogen (secondary N) is 1. The van der Waals surface area contributed by atoms with Gasteiger partial charge in [-0.05, 0) is 37.0 Å². The van der Waals surface area contributed by atoms with Crippen LogP contribution in [-0.4, -0.2) is 20.7 Å². The van der Waals surface area contributed by atoms with Crippen LogP contribution in [0.5, 0.6) is 0 Å². The lowest BCUT2D eigenvalue weighted by molar-refractivity contribution is -0.123. The molecule has 1 amide bonds. The largest absolute Gasteiger partial charge is 0.346 e. The van der Waals surface area contributed by atoms with E-state index in [-0.39, 0.29) is 17.9 Å². The molecule has 21 heavy (non-hydrogen) atoms. The molecule has 2 aromatic rings. The first-order valence-electron chi connectivity index (χ1n) is 6.96. The van der Waals surface area contributed by atoms with Crippen LogP contribution < -0.4 is 5.32 Å². The van der Waals surface area contributed by atoms with Gasteiger partial charge in [0.1, 0.15) is 6.33 Å². The van der Waals surface area contributed by atoms with Gasteiger partial charge in [-0.25, -0.2) is 0 Å². The van der Waals surface area contributed by atoms with E-state index in [1.807, 2.05) is 30.7 Å². The van der Waals surface area contributed by atoms with Gasteiger partial charge >= 0.3 is 0 Å². The summed E-state index contributed by atoms with van der Waals surface area (Å²) in [6, 6.07) is 8.04. The number of hydrogen-bond acceptors (Lipinski definition) is 3. The molecular formula is C15H17BrN4O. The second kappa shape index (κ2) is 5.60. The van der Waals surface area contributed by atoms with Gasteiger partial charge in [0.2, 0.25) is 5.91 Å². The third-order valence-electron chi connectivity index (χ3n) is 3.90. The van der Waals surface area contributed by atoms with Crippen molar-refractivity contribution in [2.75, 3.05) is 0 Å². The van der Waals surface area contributed by atoms with E-state index in [4.69, 9.17) is 0 Å². The van der Waals surface area contributed by atoms with Crippen molar-refractivity contribution in [2.45, 2.75) is 25.3 Å². The lowest BCUT2D eigenvalue weighted by Crippen LogP contribution is -2.30. The molecule has 0 radical (unpaired) electrons. The predicted octanol–water partition coefficient (Wildman–Crippen LogP) is 2.56. The standard InChI is InChI=1S/C15H17BrN4O/c1-9(14-19-17-8-20(14)2)18-15(21)13-7-12(13)10-4-3-5-11(16)6-10/h3-6,8-9,12-13H,7H2,1-2H3,(H,18,21)/t9-,12+,13+/m0/s1. The monoisotopic (exact) mass is 348 g/mol. The minimum atomic E-state index is -0.131. The number of halogens is 1. The number of hydrogen-bond donors (Lipinski definition) is 1. The minimum Gasteiger partial charge on any atom is -0.346 e. The van der Waals surface area contributed by atoms with Crippen LogP contribution in [0.1, 0.15) is 36.7 Å². The lowest BCUT2D eigenvalue weighted by Gasteiger charge is -2.13. The number of amides is 1. The average Bonchev–Trinajstić information content (AvgIpc) is 3.14. The van der Waals surface area contributed by atoms with Gasteiger partial charge in [0.15, 0.2) is 5.82 Å². The molecule has 0 spiro atoms. The van der Waals surface area contributed by atoms with Crippen LogP contribution in [0, 0.1) is 5.92 Å². The van der Waals surface area contributed by atoms with Crippen molar-refractivity contribution in [3.63, 3.8) is 0 Å². The number of nitrogens with zero attached hydrogens (tertiary/aromatic N) is 3. The summed E-state index contributed by atoms with van der Waals surface area (Å²) in [6.07, 6.45) is 2.55. The average molecular weight is 349 g/mol. The van der Waals surface area contributed by atoms with Gasteiger partial charge < -0.3 is 9.88 Å². The number of carbonyl (C=O) groups excluding carboxylic acids is 1. The molecule has 1 heterocycles. The maximum atomic E-state index is 12.3. The molecule has 6 heteroatoms. The summed E-state index contributed by atoms with van der Waals surface area (Å²) in [5, 5.41) is 10.9. The Morgan fingerprint density at radius 3 is 3.00 bits per heavy atom. The van der Waals surface area contributed by atoms with Crippen LogP contribution >= 0.6 is 15.9 Å². The molecule has 0 aliphatic heterocycles. The van der Waals surface area contributed by atoms with Crippen molar-refractivity contribution in [2.24, 2.45) is 13.0 Å². The molecule has 3 atom stereocenters. The summed E-state index contributed by atoms with van der Waals surface area (Å²) in [6.45, 7) is 1.93. The van der Waals surface area contributed by atoms with Gasteiger partial charge in [0.25, 0.3) is 0 Å². The molecule has 1 aromatic carbocycles. The molecule has 3 rings (SSSR count). The SMILES string of the molecule is C[C@H](NC(=O)[C@@H]1C[C@@H]1c1cccc(Br)c1)c1nncn1C. The van der Waals surface area contributed by atoms with Gasteiger partial charge in [-0.3, -0.25) is 4.79 Å². The Kier molecular flexibility index (Phi) is 3.80. The molecule has 0 bridgehead atoms. The van der Waals surface area contributed by atoms with Gasteiger partial charge in [-0.1, -0.05) is 28.1 Å². The first-order chi connectivity index (χ1) is 10.1. The zero-order valence-electron chi connectivity index (χ0n) is 12.0. The van der Waals surface area contributed by atoms with Crippen LogP contribution in [0.4, 0.5) is 0 Å². The summed E-state index contributed by atoms with van der Waals surface area (Å²) in [4.78, 5) is 12.3. The fraction of sp³-hybridized carbons (Fsp3) is 0.400. The molecule has 0 unspecified atom stereocenters. The Balaban J connectivity index is 1.62. The van der Waals surface area contributed by atoms with Crippen LogP contribution in [0.3, 0.4) is 0 Å². The Morgan fingerprint density at radius 1 is 1.52 bits per heavy atom. The molecule has 110 valence electrons. The number of rotatable bonds is 4. The number of benzene rings is 1. The Bertz CT molecular complexity index is 669. The maximum Gasteiger partial charge on any atom is 0.224 e. The lowest BCUT2D eigenvalue weighted by atomic mass is 10.1. The summed E-state index contributed by atoms with van der Waals surface area (Å²) < 4.78 is 2.88. The molecule has 1 saturated carbocycles. The molecule has 0 saturated heterocycles. The fourth-order valence-corrected chi connectivity index (χ4v) is 3.08. The topological polar surface area (TPSA) is 59.8 Å². The zero-order chi connectivity index (χ0) is 15.0. The van der Waals surface area contributed by atoms with Crippen molar-refractivity contribution in [3.05, 3.63) is 46.5 Å². The number of aromatic nitrogens is 3. The van der Waals surface area contributed by atoms with Crippen LogP contribution in [0.25, 0.3) is 0 Å². The van der Waals surface area contributed by atoms with Crippen molar-refractivity contribution < 1.29 is 4.79 Å². The Hall–Kier alpha value is -1.69. The van der Waals surface area contributed by atoms with E-state index in [0.717, 1.165) is 16.7 Å². The Morgan fingerprint density at radius 2 is 2.33 bits per heavy atom. The molecule has 1 N–H and O–H groups in total. The fourth-order valence-electron chi connectivity index (χ4n) is 2.66. The molecule has 1 aliphatic rings. The van der Waals surface area contributed by atoms with Crippen molar-refractivity contribution in [3.8, 4) is 0 Å². The van der Waals surface area contributed by atoms with Crippen molar-refractivity contribution >= 4 is 21.8 Å². The van der Waals surface area contributed by atoms with E-state index >= 15 is 0 Å². The summed E-state index contributed by atoms with van der Waals surface area (Å²) in [5.41, 5.74) is 1.22. The van der Waals surface area contributed by atoms with Crippen molar-refractivity contribution in [1.29, 1.82) is 0 Å². The highest BCUT2D eigenvalue weighted by Gasteiger charge is 2.44. The first-order valence-corrected chi connectivity index (χ1v) is 7.75. The van der Waals surface area contributed by atoms with Gasteiger partial charge in [0, 0.05) is 17.4 Å². The first kappa shape index (κ1) is 14.3. The van der Waals surface area contributed by atoms with Gasteiger partial charge in [-0.2, -0.15) is 0 Å². The summed E-state index contributed by atoms with van der Waals surface area (Å²) >= 11 is 3.47. The van der Waals surface area contributed by atoms with Crippen LogP contribution in [0.2, 0.25) is 0 Å². The normalized spacial score (nSPS) is 21.9. The van der Waals surface area contributed by atoms with Gasteiger partial charge in [0.05, 0.1) is 6.04 Å². The maximum absolute atomic E-state index is 12.3. The van der Waals surface area contributed by atoms with Crippen molar-refractivity contribution in [1.82, 2.24) is 20.1 Å². The minimum absolute atomic E-state index is 0.0648. The van der Waals surface area contributed by atoms with E-state index in [9.17, 15) is 4.79 Å². The zero-order valence-corrected chi connectivity index (χ0v) is 13.5. The van der Waals surface area contributed by atoms with Crippen LogP contribution in [0.15, 0.2) is 35.1 Å². The van der Waals surface area contributed by atoms with Crippen LogP contribution in [-0.2, 0) is 11.8 Å². The molecule has 1 aliphatic carbocycles. The third kappa shape index (κ3) is 3.00. The molecule has 1 aromatic heterocycles.